The normalized spacial score (nSPS) is 17.9. The van der Waals surface area contributed by atoms with Crippen LogP contribution < -0.4 is 0 Å². The van der Waals surface area contributed by atoms with Crippen LogP contribution in [0.2, 0.25) is 0 Å². The lowest BCUT2D eigenvalue weighted by molar-refractivity contribution is -0.870. The third-order valence-corrected chi connectivity index (χ3v) is 9.94. The molecular formula is C44H77NO9P+. The SMILES string of the molecule is CC/C=C\C/C=C\C/C=C\C/C=C\CCCCC(=O)OC[C@H](COP(=O)(O)OCC[N+](C)(C)C)OC(=O)CCCCCCC/C=C\CC1OC1CCCCC. The van der Waals surface area contributed by atoms with Crippen LogP contribution in [-0.2, 0) is 37.4 Å². The zero-order valence-corrected chi connectivity index (χ0v) is 36.0. The minimum Gasteiger partial charge on any atom is -0.462 e. The molecule has 0 amide bonds. The fourth-order valence-electron chi connectivity index (χ4n) is 5.54. The average molecular weight is 795 g/mol. The molecule has 316 valence electrons. The van der Waals surface area contributed by atoms with Gasteiger partial charge in [-0.2, -0.15) is 0 Å². The quantitative estimate of drug-likeness (QED) is 0.0165. The van der Waals surface area contributed by atoms with Gasteiger partial charge in [-0.1, -0.05) is 113 Å². The lowest BCUT2D eigenvalue weighted by atomic mass is 10.1. The molecule has 1 aliphatic rings. The molecule has 1 heterocycles. The van der Waals surface area contributed by atoms with Crippen LogP contribution in [0.15, 0.2) is 60.8 Å². The first-order valence-electron chi connectivity index (χ1n) is 21.1. The summed E-state index contributed by atoms with van der Waals surface area (Å²) in [4.78, 5) is 35.3. The summed E-state index contributed by atoms with van der Waals surface area (Å²) in [5.74, 6) is -0.876. The monoisotopic (exact) mass is 795 g/mol. The van der Waals surface area contributed by atoms with Crippen LogP contribution in [0.25, 0.3) is 0 Å². The molecule has 3 unspecified atom stereocenters. The molecule has 0 bridgehead atoms. The number of unbranched alkanes of at least 4 members (excludes halogenated alkanes) is 9. The topological polar surface area (TPSA) is 121 Å². The van der Waals surface area contributed by atoms with Gasteiger partial charge in [0, 0.05) is 12.8 Å². The number of carbonyl (C=O) groups is 2. The van der Waals surface area contributed by atoms with E-state index in [9.17, 15) is 19.0 Å². The molecule has 1 fully saturated rings. The molecule has 0 aromatic carbocycles. The Bertz CT molecular complexity index is 1190. The molecule has 10 nitrogen and oxygen atoms in total. The number of epoxide rings is 1. The van der Waals surface area contributed by atoms with Gasteiger partial charge in [0.05, 0.1) is 40.0 Å². The maximum Gasteiger partial charge on any atom is 0.472 e. The number of esters is 2. The Morgan fingerprint density at radius 2 is 1.27 bits per heavy atom. The lowest BCUT2D eigenvalue weighted by Gasteiger charge is -2.24. The third kappa shape index (κ3) is 33.5. The summed E-state index contributed by atoms with van der Waals surface area (Å²) < 4.78 is 40.0. The molecule has 0 aromatic heterocycles. The molecule has 1 aliphatic heterocycles. The van der Waals surface area contributed by atoms with E-state index in [-0.39, 0.29) is 26.1 Å². The molecule has 0 radical (unpaired) electrons. The maximum absolute atomic E-state index is 12.7. The number of hydrogen-bond acceptors (Lipinski definition) is 8. The second kappa shape index (κ2) is 32.7. The van der Waals surface area contributed by atoms with Crippen molar-refractivity contribution in [2.45, 2.75) is 161 Å². The average Bonchev–Trinajstić information content (AvgIpc) is 3.89. The summed E-state index contributed by atoms with van der Waals surface area (Å²) in [5, 5.41) is 0. The van der Waals surface area contributed by atoms with E-state index < -0.39 is 32.5 Å². The highest BCUT2D eigenvalue weighted by Crippen LogP contribution is 2.43. The maximum atomic E-state index is 12.7. The molecule has 4 atom stereocenters. The van der Waals surface area contributed by atoms with Crippen molar-refractivity contribution in [2.24, 2.45) is 0 Å². The Labute approximate surface area is 334 Å². The zero-order valence-electron chi connectivity index (χ0n) is 35.1. The molecule has 0 saturated carbocycles. The van der Waals surface area contributed by atoms with E-state index in [0.717, 1.165) is 77.0 Å². The number of allylic oxidation sites excluding steroid dienone is 9. The van der Waals surface area contributed by atoms with Gasteiger partial charge in [-0.05, 0) is 77.0 Å². The van der Waals surface area contributed by atoms with Crippen molar-refractivity contribution in [3.05, 3.63) is 60.8 Å². The molecule has 55 heavy (non-hydrogen) atoms. The van der Waals surface area contributed by atoms with Crippen molar-refractivity contribution in [3.63, 3.8) is 0 Å². The van der Waals surface area contributed by atoms with E-state index in [1.54, 1.807) is 0 Å². The van der Waals surface area contributed by atoms with E-state index >= 15 is 0 Å². The predicted molar refractivity (Wildman–Crippen MR) is 224 cm³/mol. The first-order chi connectivity index (χ1) is 26.5. The Hall–Kier alpha value is -2.33. The Morgan fingerprint density at radius 1 is 0.691 bits per heavy atom. The van der Waals surface area contributed by atoms with Crippen LogP contribution in [0.1, 0.15) is 142 Å². The second-order valence-corrected chi connectivity index (χ2v) is 16.8. The fourth-order valence-corrected chi connectivity index (χ4v) is 6.28. The van der Waals surface area contributed by atoms with Crippen LogP contribution in [-0.4, -0.2) is 87.1 Å². The first-order valence-corrected chi connectivity index (χ1v) is 22.6. The minimum atomic E-state index is -4.39. The molecule has 0 spiro atoms. The second-order valence-electron chi connectivity index (χ2n) is 15.4. The van der Waals surface area contributed by atoms with E-state index in [1.165, 1.54) is 25.7 Å². The van der Waals surface area contributed by atoms with Gasteiger partial charge in [-0.15, -0.1) is 0 Å². The number of quaternary nitrogens is 1. The fraction of sp³-hybridized carbons (Fsp3) is 0.727. The number of nitrogens with zero attached hydrogens (tertiary/aromatic N) is 1. The Kier molecular flexibility index (Phi) is 30.2. The summed E-state index contributed by atoms with van der Waals surface area (Å²) >= 11 is 0. The van der Waals surface area contributed by atoms with Gasteiger partial charge in [0.25, 0.3) is 0 Å². The summed E-state index contributed by atoms with van der Waals surface area (Å²) in [6.45, 7) is 4.18. The molecule has 11 heteroatoms. The summed E-state index contributed by atoms with van der Waals surface area (Å²) in [6.07, 6.45) is 40.1. The molecule has 1 N–H and O–H groups in total. The van der Waals surface area contributed by atoms with Crippen molar-refractivity contribution in [1.29, 1.82) is 0 Å². The number of carbonyl (C=O) groups excluding carboxylic acids is 2. The van der Waals surface area contributed by atoms with Gasteiger partial charge in [-0.3, -0.25) is 18.6 Å². The van der Waals surface area contributed by atoms with E-state index in [4.69, 9.17) is 23.3 Å². The van der Waals surface area contributed by atoms with Crippen molar-refractivity contribution in [2.75, 3.05) is 47.5 Å². The largest absolute Gasteiger partial charge is 0.472 e. The first kappa shape index (κ1) is 50.7. The van der Waals surface area contributed by atoms with Crippen molar-refractivity contribution >= 4 is 19.8 Å². The van der Waals surface area contributed by atoms with Crippen LogP contribution in [0.4, 0.5) is 0 Å². The van der Waals surface area contributed by atoms with Crippen LogP contribution >= 0.6 is 7.82 Å². The van der Waals surface area contributed by atoms with Gasteiger partial charge >= 0.3 is 19.8 Å². The van der Waals surface area contributed by atoms with E-state index in [2.05, 4.69) is 74.6 Å². The van der Waals surface area contributed by atoms with Gasteiger partial charge < -0.3 is 23.6 Å². The number of phosphoric ester groups is 1. The van der Waals surface area contributed by atoms with E-state index in [0.29, 0.717) is 36.1 Å². The third-order valence-electron chi connectivity index (χ3n) is 8.96. The van der Waals surface area contributed by atoms with Crippen molar-refractivity contribution < 1.29 is 46.8 Å². The number of phosphoric acid groups is 1. The summed E-state index contributed by atoms with van der Waals surface area (Å²) in [7, 11) is 1.42. The minimum absolute atomic E-state index is 0.0168. The number of likely N-dealkylation sites (N-methyl/N-ethyl adjacent to an activating group) is 1. The molecular weight excluding hydrogens is 717 g/mol. The summed E-state index contributed by atoms with van der Waals surface area (Å²) in [5.41, 5.74) is 0. The Morgan fingerprint density at radius 3 is 1.95 bits per heavy atom. The number of hydrogen-bond donors (Lipinski definition) is 1. The predicted octanol–water partition coefficient (Wildman–Crippen LogP) is 10.7. The van der Waals surface area contributed by atoms with Crippen molar-refractivity contribution in [1.82, 2.24) is 0 Å². The standard InChI is InChI=1S/C44H76NO9P/c1-6-8-10-11-12-13-14-15-16-17-18-19-23-26-30-34-43(46)50-38-40(39-52-55(48,49)51-37-36-45(3,4)5)53-44(47)35-31-27-24-21-20-22-25-29-33-42-41(54-42)32-28-9-7-2/h8,10,12-13,15-16,18-19,25,29,40-42H,6-7,9,11,14,17,20-24,26-28,30-39H2,1-5H3/p+1/b10-8-,13-12-,16-15-,19-18-,29-25-/t40-,41?,42?/m1/s1. The molecule has 1 rings (SSSR count). The highest BCUT2D eigenvalue weighted by Gasteiger charge is 2.36. The smallest absolute Gasteiger partial charge is 0.462 e. The molecule has 1 saturated heterocycles. The van der Waals surface area contributed by atoms with Crippen LogP contribution in [0.3, 0.4) is 0 Å². The van der Waals surface area contributed by atoms with Crippen LogP contribution in [0, 0.1) is 0 Å². The molecule has 0 aliphatic carbocycles. The molecule has 0 aromatic rings. The van der Waals surface area contributed by atoms with Gasteiger partial charge in [0.1, 0.15) is 19.8 Å². The van der Waals surface area contributed by atoms with Crippen molar-refractivity contribution in [3.8, 4) is 0 Å². The highest BCUT2D eigenvalue weighted by atomic mass is 31.2. The van der Waals surface area contributed by atoms with Gasteiger partial charge in [0.15, 0.2) is 6.10 Å². The van der Waals surface area contributed by atoms with Crippen LogP contribution in [0.5, 0.6) is 0 Å². The van der Waals surface area contributed by atoms with Gasteiger partial charge in [-0.25, -0.2) is 4.57 Å². The number of ether oxygens (including phenoxy) is 3. The lowest BCUT2D eigenvalue weighted by Crippen LogP contribution is -2.37. The van der Waals surface area contributed by atoms with E-state index in [1.807, 2.05) is 21.1 Å². The Balaban J connectivity index is 2.34. The summed E-state index contributed by atoms with van der Waals surface area (Å²) in [6, 6.07) is 0. The number of rotatable bonds is 36. The van der Waals surface area contributed by atoms with Gasteiger partial charge in [0.2, 0.25) is 0 Å². The zero-order chi connectivity index (χ0) is 40.5. The highest BCUT2D eigenvalue weighted by molar-refractivity contribution is 7.47.